The van der Waals surface area contributed by atoms with E-state index in [1.165, 1.54) is 0 Å². The lowest BCUT2D eigenvalue weighted by Gasteiger charge is -2.16. The number of carbonyl (C=O) groups is 2. The van der Waals surface area contributed by atoms with Crippen molar-refractivity contribution in [1.29, 1.82) is 0 Å². The molecule has 4 aromatic rings. The first-order valence-electron chi connectivity index (χ1n) is 9.68. The van der Waals surface area contributed by atoms with Crippen molar-refractivity contribution in [1.82, 2.24) is 0 Å². The van der Waals surface area contributed by atoms with E-state index in [4.69, 9.17) is 4.74 Å². The Balaban J connectivity index is 1.71. The molecular formula is C26H22O3. The number of ketones is 1. The topological polar surface area (TPSA) is 43.4 Å². The van der Waals surface area contributed by atoms with Gasteiger partial charge in [0.15, 0.2) is 6.10 Å². The Bertz CT molecular complexity index is 1200. The third-order valence-electron chi connectivity index (χ3n) is 5.42. The van der Waals surface area contributed by atoms with Crippen LogP contribution in [0.15, 0.2) is 72.8 Å². The van der Waals surface area contributed by atoms with Crippen LogP contribution in [-0.4, -0.2) is 17.9 Å². The lowest BCUT2D eigenvalue weighted by molar-refractivity contribution is 0.0322. The Morgan fingerprint density at radius 2 is 1.34 bits per heavy atom. The molecule has 0 bridgehead atoms. The quantitative estimate of drug-likeness (QED) is 0.246. The zero-order valence-corrected chi connectivity index (χ0v) is 16.7. The Morgan fingerprint density at radius 1 is 0.759 bits per heavy atom. The minimum absolute atomic E-state index is 0.203. The number of esters is 1. The molecule has 3 heteroatoms. The zero-order chi connectivity index (χ0) is 20.5. The molecule has 144 valence electrons. The van der Waals surface area contributed by atoms with Crippen LogP contribution in [0.1, 0.15) is 38.8 Å². The largest absolute Gasteiger partial charge is 0.451 e. The molecule has 0 aliphatic rings. The molecule has 0 spiro atoms. The minimum Gasteiger partial charge on any atom is -0.451 e. The molecule has 29 heavy (non-hydrogen) atoms. The number of Topliss-reactive ketones (excluding diaryl/α,β-unsaturated/α-hetero) is 1. The number of carbonyl (C=O) groups excluding carboxylic acids is 2. The average Bonchev–Trinajstić information content (AvgIpc) is 2.73. The highest BCUT2D eigenvalue weighted by atomic mass is 16.5. The maximum Gasteiger partial charge on any atom is 0.340 e. The zero-order valence-electron chi connectivity index (χ0n) is 16.7. The van der Waals surface area contributed by atoms with E-state index < -0.39 is 12.1 Å². The van der Waals surface area contributed by atoms with Gasteiger partial charge in [-0.25, -0.2) is 4.79 Å². The second-order valence-corrected chi connectivity index (χ2v) is 7.40. The van der Waals surface area contributed by atoms with Crippen molar-refractivity contribution in [3.05, 3.63) is 95.1 Å². The number of aryl methyl sites for hydroxylation is 2. The van der Waals surface area contributed by atoms with Gasteiger partial charge in [-0.05, 0) is 65.6 Å². The number of hydrogen-bond donors (Lipinski definition) is 0. The van der Waals surface area contributed by atoms with Crippen LogP contribution in [0.25, 0.3) is 21.5 Å². The van der Waals surface area contributed by atoms with Gasteiger partial charge in [0.1, 0.15) is 0 Å². The molecule has 0 saturated heterocycles. The smallest absolute Gasteiger partial charge is 0.340 e. The predicted octanol–water partition coefficient (Wildman–Crippen LogP) is 6.04. The maximum absolute atomic E-state index is 13.2. The molecule has 0 unspecified atom stereocenters. The predicted molar refractivity (Wildman–Crippen MR) is 117 cm³/mol. The number of benzene rings is 4. The van der Waals surface area contributed by atoms with Crippen LogP contribution in [0.2, 0.25) is 0 Å². The fraction of sp³-hybridized carbons (Fsp3) is 0.154. The van der Waals surface area contributed by atoms with Crippen molar-refractivity contribution < 1.29 is 14.3 Å². The van der Waals surface area contributed by atoms with Gasteiger partial charge in [-0.15, -0.1) is 0 Å². The minimum atomic E-state index is -0.873. The summed E-state index contributed by atoms with van der Waals surface area (Å²) in [6.07, 6.45) is -0.873. The average molecular weight is 382 g/mol. The molecule has 0 aromatic heterocycles. The van der Waals surface area contributed by atoms with Gasteiger partial charge in [0.25, 0.3) is 0 Å². The first-order valence-corrected chi connectivity index (χ1v) is 9.68. The highest BCUT2D eigenvalue weighted by Gasteiger charge is 2.23. The molecule has 0 aliphatic heterocycles. The summed E-state index contributed by atoms with van der Waals surface area (Å²) < 4.78 is 5.65. The van der Waals surface area contributed by atoms with Crippen LogP contribution in [0, 0.1) is 13.8 Å². The van der Waals surface area contributed by atoms with E-state index in [0.29, 0.717) is 11.1 Å². The van der Waals surface area contributed by atoms with Gasteiger partial charge in [-0.1, -0.05) is 60.7 Å². The van der Waals surface area contributed by atoms with E-state index in [9.17, 15) is 9.59 Å². The van der Waals surface area contributed by atoms with Crippen LogP contribution in [0.4, 0.5) is 0 Å². The molecule has 0 amide bonds. The van der Waals surface area contributed by atoms with Crippen LogP contribution >= 0.6 is 0 Å². The lowest BCUT2D eigenvalue weighted by Crippen LogP contribution is -2.24. The Labute approximate surface area is 169 Å². The first-order chi connectivity index (χ1) is 14.0. The molecule has 0 fully saturated rings. The molecule has 0 N–H and O–H groups in total. The van der Waals surface area contributed by atoms with Gasteiger partial charge in [-0.3, -0.25) is 4.79 Å². The van der Waals surface area contributed by atoms with Gasteiger partial charge < -0.3 is 4.74 Å². The highest BCUT2D eigenvalue weighted by molar-refractivity contribution is 6.17. The Hall–Kier alpha value is -3.46. The fourth-order valence-corrected chi connectivity index (χ4v) is 3.64. The van der Waals surface area contributed by atoms with E-state index in [2.05, 4.69) is 6.07 Å². The SMILES string of the molecule is Cc1ccc(C(=O)[C@H](C)OC(=O)c2c3ccccc3cc3ccccc23)cc1C. The lowest BCUT2D eigenvalue weighted by atomic mass is 9.96. The Morgan fingerprint density at radius 3 is 1.93 bits per heavy atom. The normalized spacial score (nSPS) is 12.1. The summed E-state index contributed by atoms with van der Waals surface area (Å²) in [4.78, 5) is 26.0. The van der Waals surface area contributed by atoms with Crippen molar-refractivity contribution in [2.45, 2.75) is 26.9 Å². The summed E-state index contributed by atoms with van der Waals surface area (Å²) in [7, 11) is 0. The number of fused-ring (bicyclic) bond motifs is 2. The highest BCUT2D eigenvalue weighted by Crippen LogP contribution is 2.29. The van der Waals surface area contributed by atoms with Crippen molar-refractivity contribution in [3.8, 4) is 0 Å². The Kier molecular flexibility index (Phi) is 4.89. The maximum atomic E-state index is 13.2. The van der Waals surface area contributed by atoms with E-state index in [1.54, 1.807) is 13.0 Å². The second kappa shape index (κ2) is 7.51. The summed E-state index contributed by atoms with van der Waals surface area (Å²) in [6.45, 7) is 5.59. The molecule has 0 aliphatic carbocycles. The molecular weight excluding hydrogens is 360 g/mol. The third-order valence-corrected chi connectivity index (χ3v) is 5.42. The van der Waals surface area contributed by atoms with Crippen molar-refractivity contribution in [2.24, 2.45) is 0 Å². The summed E-state index contributed by atoms with van der Waals surface area (Å²) in [5.41, 5.74) is 3.21. The van der Waals surface area contributed by atoms with E-state index in [0.717, 1.165) is 32.7 Å². The number of rotatable bonds is 4. The van der Waals surface area contributed by atoms with Gasteiger partial charge in [0.2, 0.25) is 5.78 Å². The van der Waals surface area contributed by atoms with Crippen molar-refractivity contribution >= 4 is 33.3 Å². The van der Waals surface area contributed by atoms with Gasteiger partial charge in [0, 0.05) is 5.56 Å². The summed E-state index contributed by atoms with van der Waals surface area (Å²) >= 11 is 0. The molecule has 1 atom stereocenters. The first kappa shape index (κ1) is 18.9. The van der Waals surface area contributed by atoms with Gasteiger partial charge in [-0.2, -0.15) is 0 Å². The van der Waals surface area contributed by atoms with E-state index >= 15 is 0 Å². The molecule has 0 heterocycles. The van der Waals surface area contributed by atoms with Crippen molar-refractivity contribution in [3.63, 3.8) is 0 Å². The summed E-state index contributed by atoms with van der Waals surface area (Å²) in [5.74, 6) is -0.686. The van der Waals surface area contributed by atoms with Gasteiger partial charge in [0.05, 0.1) is 5.56 Å². The molecule has 4 aromatic carbocycles. The number of ether oxygens (including phenoxy) is 1. The third kappa shape index (κ3) is 3.52. The molecule has 0 saturated carbocycles. The van der Waals surface area contributed by atoms with E-state index in [1.807, 2.05) is 74.5 Å². The van der Waals surface area contributed by atoms with Crippen LogP contribution < -0.4 is 0 Å². The molecule has 0 radical (unpaired) electrons. The fourth-order valence-electron chi connectivity index (χ4n) is 3.64. The second-order valence-electron chi connectivity index (χ2n) is 7.40. The van der Waals surface area contributed by atoms with Crippen LogP contribution in [0.3, 0.4) is 0 Å². The standard InChI is InChI=1S/C26H22O3/c1-16-12-13-21(14-17(16)2)25(27)18(3)29-26(28)24-22-10-6-4-8-19(22)15-20-9-5-7-11-23(20)24/h4-15,18H,1-3H3/t18-/m0/s1. The summed E-state index contributed by atoms with van der Waals surface area (Å²) in [6, 6.07) is 23.1. The number of hydrogen-bond acceptors (Lipinski definition) is 3. The monoisotopic (exact) mass is 382 g/mol. The van der Waals surface area contributed by atoms with Crippen LogP contribution in [0.5, 0.6) is 0 Å². The van der Waals surface area contributed by atoms with Crippen LogP contribution in [-0.2, 0) is 4.74 Å². The molecule has 3 nitrogen and oxygen atoms in total. The van der Waals surface area contributed by atoms with Gasteiger partial charge >= 0.3 is 5.97 Å². The summed E-state index contributed by atoms with van der Waals surface area (Å²) in [5, 5.41) is 3.57. The van der Waals surface area contributed by atoms with Crippen molar-refractivity contribution in [2.75, 3.05) is 0 Å². The van der Waals surface area contributed by atoms with E-state index in [-0.39, 0.29) is 5.78 Å². The molecule has 4 rings (SSSR count).